The fourth-order valence-electron chi connectivity index (χ4n) is 2.57. The molecule has 0 aliphatic carbocycles. The predicted molar refractivity (Wildman–Crippen MR) is 97.5 cm³/mol. The van der Waals surface area contributed by atoms with E-state index in [9.17, 15) is 16.8 Å². The molecule has 1 N–H and O–H groups in total. The first-order chi connectivity index (χ1) is 11.8. The van der Waals surface area contributed by atoms with Gasteiger partial charge in [0.1, 0.15) is 0 Å². The Morgan fingerprint density at radius 2 is 1.36 bits per heavy atom. The summed E-state index contributed by atoms with van der Waals surface area (Å²) < 4.78 is 50.4. The standard InChI is InChI=1S/C18H17NO4S2/c1-24(20,21)16-9-11-17(12-10-16)25(22,23)19-13-15-7-4-6-14-5-2-3-8-18(14)15/h2-12,19H,13H2,1H3. The van der Waals surface area contributed by atoms with E-state index in [1.807, 2.05) is 42.5 Å². The van der Waals surface area contributed by atoms with Crippen LogP contribution in [0, 0.1) is 0 Å². The lowest BCUT2D eigenvalue weighted by Gasteiger charge is -2.10. The zero-order valence-corrected chi connectivity index (χ0v) is 15.1. The van der Waals surface area contributed by atoms with Gasteiger partial charge < -0.3 is 0 Å². The number of sulfone groups is 1. The van der Waals surface area contributed by atoms with E-state index in [0.29, 0.717) is 0 Å². The summed E-state index contributed by atoms with van der Waals surface area (Å²) in [6, 6.07) is 18.6. The summed E-state index contributed by atoms with van der Waals surface area (Å²) in [5, 5.41) is 2.02. The Morgan fingerprint density at radius 1 is 0.760 bits per heavy atom. The van der Waals surface area contributed by atoms with Crippen molar-refractivity contribution in [3.63, 3.8) is 0 Å². The smallest absolute Gasteiger partial charge is 0.224 e. The van der Waals surface area contributed by atoms with E-state index in [4.69, 9.17) is 0 Å². The molecule has 3 rings (SSSR count). The zero-order valence-electron chi connectivity index (χ0n) is 13.5. The molecule has 0 aliphatic rings. The van der Waals surface area contributed by atoms with Crippen molar-refractivity contribution in [3.05, 3.63) is 72.3 Å². The zero-order chi connectivity index (χ0) is 18.1. The van der Waals surface area contributed by atoms with Crippen LogP contribution in [0.4, 0.5) is 0 Å². The normalized spacial score (nSPS) is 12.4. The van der Waals surface area contributed by atoms with Crippen molar-refractivity contribution in [2.75, 3.05) is 6.26 Å². The SMILES string of the molecule is CS(=O)(=O)c1ccc(S(=O)(=O)NCc2cccc3ccccc23)cc1. The van der Waals surface area contributed by atoms with Crippen LogP contribution in [0.2, 0.25) is 0 Å². The average Bonchev–Trinajstić information content (AvgIpc) is 2.59. The minimum Gasteiger partial charge on any atom is -0.224 e. The van der Waals surface area contributed by atoms with Crippen LogP contribution in [0.25, 0.3) is 10.8 Å². The maximum atomic E-state index is 12.4. The van der Waals surface area contributed by atoms with Crippen LogP contribution in [-0.2, 0) is 26.4 Å². The van der Waals surface area contributed by atoms with E-state index in [-0.39, 0.29) is 16.3 Å². The van der Waals surface area contributed by atoms with Gasteiger partial charge in [-0.1, -0.05) is 42.5 Å². The van der Waals surface area contributed by atoms with E-state index in [2.05, 4.69) is 4.72 Å². The average molecular weight is 375 g/mol. The van der Waals surface area contributed by atoms with Gasteiger partial charge in [-0.2, -0.15) is 0 Å². The highest BCUT2D eigenvalue weighted by Gasteiger charge is 2.16. The minimum absolute atomic E-state index is 0.0279. The molecule has 0 unspecified atom stereocenters. The van der Waals surface area contributed by atoms with Gasteiger partial charge in [0.05, 0.1) is 9.79 Å². The second-order valence-corrected chi connectivity index (χ2v) is 9.49. The molecular weight excluding hydrogens is 358 g/mol. The maximum absolute atomic E-state index is 12.4. The highest BCUT2D eigenvalue weighted by atomic mass is 32.2. The fraction of sp³-hybridized carbons (Fsp3) is 0.111. The molecule has 7 heteroatoms. The minimum atomic E-state index is -3.73. The molecule has 5 nitrogen and oxygen atoms in total. The molecule has 0 amide bonds. The Labute approximate surface area is 147 Å². The molecule has 3 aromatic rings. The van der Waals surface area contributed by atoms with E-state index in [1.54, 1.807) is 0 Å². The van der Waals surface area contributed by atoms with Gasteiger partial charge in [-0.05, 0) is 40.6 Å². The summed E-state index contributed by atoms with van der Waals surface area (Å²) in [4.78, 5) is 0.112. The Bertz CT molecular complexity index is 1110. The number of nitrogens with one attached hydrogen (secondary N) is 1. The Hall–Kier alpha value is -2.22. The van der Waals surface area contributed by atoms with Gasteiger partial charge in [-0.15, -0.1) is 0 Å². The van der Waals surface area contributed by atoms with Crippen LogP contribution < -0.4 is 4.72 Å². The maximum Gasteiger partial charge on any atom is 0.240 e. The van der Waals surface area contributed by atoms with Crippen molar-refractivity contribution in [1.29, 1.82) is 0 Å². The molecule has 25 heavy (non-hydrogen) atoms. The number of sulfonamides is 1. The largest absolute Gasteiger partial charge is 0.240 e. The van der Waals surface area contributed by atoms with Gasteiger partial charge in [0.25, 0.3) is 0 Å². The third-order valence-electron chi connectivity index (χ3n) is 3.89. The number of hydrogen-bond acceptors (Lipinski definition) is 4. The molecular formula is C18H17NO4S2. The molecule has 130 valence electrons. The molecule has 0 fully saturated rings. The summed E-state index contributed by atoms with van der Waals surface area (Å²) in [5.74, 6) is 0. The summed E-state index contributed by atoms with van der Waals surface area (Å²) in [6.45, 7) is 0.150. The first-order valence-electron chi connectivity index (χ1n) is 7.54. The Morgan fingerprint density at radius 3 is 2.04 bits per heavy atom. The summed E-state index contributed by atoms with van der Waals surface area (Å²) in [5.41, 5.74) is 0.870. The molecule has 0 aliphatic heterocycles. The first kappa shape index (κ1) is 17.6. The predicted octanol–water partition coefficient (Wildman–Crippen LogP) is 2.72. The summed E-state index contributed by atoms with van der Waals surface area (Å²) >= 11 is 0. The summed E-state index contributed by atoms with van der Waals surface area (Å²) in [7, 11) is -7.09. The van der Waals surface area contributed by atoms with Gasteiger partial charge in [0, 0.05) is 12.8 Å². The first-order valence-corrected chi connectivity index (χ1v) is 10.9. The lowest BCUT2D eigenvalue weighted by molar-refractivity contribution is 0.581. The van der Waals surface area contributed by atoms with Gasteiger partial charge in [-0.3, -0.25) is 0 Å². The van der Waals surface area contributed by atoms with Crippen molar-refractivity contribution >= 4 is 30.6 Å². The van der Waals surface area contributed by atoms with Crippen LogP contribution >= 0.6 is 0 Å². The van der Waals surface area contributed by atoms with Crippen molar-refractivity contribution < 1.29 is 16.8 Å². The molecule has 0 heterocycles. The van der Waals surface area contributed by atoms with Crippen LogP contribution in [0.1, 0.15) is 5.56 Å². The van der Waals surface area contributed by atoms with Crippen molar-refractivity contribution in [1.82, 2.24) is 4.72 Å². The van der Waals surface area contributed by atoms with E-state index >= 15 is 0 Å². The molecule has 0 saturated carbocycles. The Kier molecular flexibility index (Phi) is 4.64. The number of fused-ring (bicyclic) bond motifs is 1. The fourth-order valence-corrected chi connectivity index (χ4v) is 4.21. The molecule has 0 spiro atoms. The topological polar surface area (TPSA) is 80.3 Å². The van der Waals surface area contributed by atoms with Gasteiger partial charge in [0.2, 0.25) is 10.0 Å². The van der Waals surface area contributed by atoms with Gasteiger partial charge >= 0.3 is 0 Å². The molecule has 3 aromatic carbocycles. The third kappa shape index (κ3) is 3.89. The van der Waals surface area contributed by atoms with Crippen LogP contribution in [0.5, 0.6) is 0 Å². The Balaban J connectivity index is 1.84. The monoisotopic (exact) mass is 375 g/mol. The van der Waals surface area contributed by atoms with Crippen molar-refractivity contribution in [2.45, 2.75) is 16.3 Å². The lowest BCUT2D eigenvalue weighted by Crippen LogP contribution is -2.23. The molecule has 0 atom stereocenters. The third-order valence-corrected chi connectivity index (χ3v) is 6.44. The van der Waals surface area contributed by atoms with Gasteiger partial charge in [0.15, 0.2) is 9.84 Å². The van der Waals surface area contributed by atoms with Crippen LogP contribution in [0.15, 0.2) is 76.5 Å². The molecule has 0 bridgehead atoms. The van der Waals surface area contributed by atoms with Crippen LogP contribution in [0.3, 0.4) is 0 Å². The highest BCUT2D eigenvalue weighted by molar-refractivity contribution is 7.90. The number of hydrogen-bond donors (Lipinski definition) is 1. The highest BCUT2D eigenvalue weighted by Crippen LogP contribution is 2.19. The number of benzene rings is 3. The molecule has 0 radical (unpaired) electrons. The number of rotatable bonds is 5. The second kappa shape index (κ2) is 6.59. The molecule has 0 aromatic heterocycles. The van der Waals surface area contributed by atoms with E-state index < -0.39 is 19.9 Å². The van der Waals surface area contributed by atoms with E-state index in [0.717, 1.165) is 22.6 Å². The molecule has 0 saturated heterocycles. The van der Waals surface area contributed by atoms with E-state index in [1.165, 1.54) is 24.3 Å². The lowest BCUT2D eigenvalue weighted by atomic mass is 10.1. The van der Waals surface area contributed by atoms with Crippen molar-refractivity contribution in [2.24, 2.45) is 0 Å². The van der Waals surface area contributed by atoms with Crippen molar-refractivity contribution in [3.8, 4) is 0 Å². The summed E-state index contributed by atoms with van der Waals surface area (Å²) in [6.07, 6.45) is 1.08. The second-order valence-electron chi connectivity index (χ2n) is 5.71. The van der Waals surface area contributed by atoms with Crippen LogP contribution in [-0.4, -0.2) is 23.1 Å². The van der Waals surface area contributed by atoms with Gasteiger partial charge in [-0.25, -0.2) is 21.6 Å². The quantitative estimate of drug-likeness (QED) is 0.743.